The first-order valence-corrected chi connectivity index (χ1v) is 12.1. The maximum atomic E-state index is 12.9. The van der Waals surface area contributed by atoms with Gasteiger partial charge in [-0.2, -0.15) is 0 Å². The second kappa shape index (κ2) is 10.6. The van der Waals surface area contributed by atoms with Crippen molar-refractivity contribution in [2.24, 2.45) is 0 Å². The Morgan fingerprint density at radius 1 is 1.14 bits per heavy atom. The summed E-state index contributed by atoms with van der Waals surface area (Å²) in [6.45, 7) is 0.119. The van der Waals surface area contributed by atoms with Crippen molar-refractivity contribution >= 4 is 68.2 Å². The monoisotopic (exact) mass is 573 g/mol. The van der Waals surface area contributed by atoms with Crippen molar-refractivity contribution in [3.8, 4) is 11.5 Å². The number of carboxylic acids is 1. The first-order chi connectivity index (χ1) is 16.8. The molecule has 4 rings (SSSR count). The van der Waals surface area contributed by atoms with Gasteiger partial charge in [-0.25, -0.2) is 9.69 Å². The molecule has 35 heavy (non-hydrogen) atoms. The Morgan fingerprint density at radius 3 is 2.63 bits per heavy atom. The molecule has 1 aliphatic rings. The summed E-state index contributed by atoms with van der Waals surface area (Å²) < 4.78 is 11.9. The molecule has 1 heterocycles. The minimum atomic E-state index is -1.02. The highest BCUT2D eigenvalue weighted by atomic mass is 79.9. The third kappa shape index (κ3) is 5.53. The van der Waals surface area contributed by atoms with Crippen molar-refractivity contribution in [3.63, 3.8) is 0 Å². The number of halogens is 2. The quantitative estimate of drug-likeness (QED) is 0.317. The molecule has 0 unspecified atom stereocenters. The van der Waals surface area contributed by atoms with Crippen molar-refractivity contribution in [1.82, 2.24) is 0 Å². The smallest absolute Gasteiger partial charge is 0.335 e. The first kappa shape index (κ1) is 24.8. The zero-order valence-electron chi connectivity index (χ0n) is 18.2. The number of carboxylic acid groups (broad SMARTS) is 1. The van der Waals surface area contributed by atoms with Crippen LogP contribution in [0.3, 0.4) is 0 Å². The number of nitrogens with zero attached hydrogens (tertiary/aromatic N) is 1. The summed E-state index contributed by atoms with van der Waals surface area (Å²) in [6, 6.07) is 16.4. The van der Waals surface area contributed by atoms with E-state index < -0.39 is 17.1 Å². The number of amides is 2. The number of thioether (sulfide) groups is 1. The lowest BCUT2D eigenvalue weighted by molar-refractivity contribution is -0.113. The number of imide groups is 1. The van der Waals surface area contributed by atoms with Crippen LogP contribution >= 0.6 is 39.3 Å². The van der Waals surface area contributed by atoms with Crippen LogP contribution in [0.5, 0.6) is 11.5 Å². The number of benzene rings is 3. The van der Waals surface area contributed by atoms with Gasteiger partial charge in [0.15, 0.2) is 11.5 Å². The van der Waals surface area contributed by atoms with E-state index in [1.54, 1.807) is 54.6 Å². The number of aromatic carboxylic acids is 1. The van der Waals surface area contributed by atoms with Crippen LogP contribution in [-0.4, -0.2) is 29.3 Å². The molecule has 0 spiro atoms. The number of hydrogen-bond acceptors (Lipinski definition) is 6. The largest absolute Gasteiger partial charge is 0.493 e. The molecule has 0 bridgehead atoms. The van der Waals surface area contributed by atoms with Gasteiger partial charge in [-0.05, 0) is 87.4 Å². The Morgan fingerprint density at radius 2 is 1.91 bits per heavy atom. The minimum absolute atomic E-state index is 0.119. The zero-order chi connectivity index (χ0) is 25.1. The van der Waals surface area contributed by atoms with Gasteiger partial charge in [0.25, 0.3) is 11.1 Å². The Labute approximate surface area is 218 Å². The Bertz CT molecular complexity index is 1380. The van der Waals surface area contributed by atoms with Gasteiger partial charge in [-0.1, -0.05) is 29.8 Å². The van der Waals surface area contributed by atoms with Crippen LogP contribution in [0.2, 0.25) is 5.02 Å². The standard InChI is InChI=1S/C25H17BrClNO6S/c1-33-20-10-15(9-19(26)22(20)34-13-14-4-2-5-16(8-14)24(30)31)11-21-23(29)28(25(32)35-21)18-7-3-6-17(27)12-18/h2-12H,13H2,1H3,(H,30,31)/b21-11+. The molecule has 1 aliphatic heterocycles. The van der Waals surface area contributed by atoms with Gasteiger partial charge in [0.05, 0.1) is 27.7 Å². The third-order valence-corrected chi connectivity index (χ3v) is 6.66. The van der Waals surface area contributed by atoms with E-state index in [0.717, 1.165) is 16.7 Å². The zero-order valence-corrected chi connectivity index (χ0v) is 21.3. The summed E-state index contributed by atoms with van der Waals surface area (Å²) in [7, 11) is 1.48. The van der Waals surface area contributed by atoms with Gasteiger partial charge in [-0.15, -0.1) is 0 Å². The number of ether oxygens (including phenoxy) is 2. The molecular formula is C25H17BrClNO6S. The number of anilines is 1. The van der Waals surface area contributed by atoms with E-state index in [1.807, 2.05) is 0 Å². The fraction of sp³-hybridized carbons (Fsp3) is 0.0800. The topological polar surface area (TPSA) is 93.1 Å². The van der Waals surface area contributed by atoms with E-state index in [1.165, 1.54) is 19.2 Å². The molecule has 0 saturated carbocycles. The van der Waals surface area contributed by atoms with Crippen LogP contribution in [0.1, 0.15) is 21.5 Å². The van der Waals surface area contributed by atoms with Gasteiger partial charge in [0, 0.05) is 5.02 Å². The molecule has 1 fully saturated rings. The number of hydrogen-bond donors (Lipinski definition) is 1. The lowest BCUT2D eigenvalue weighted by atomic mass is 10.1. The maximum absolute atomic E-state index is 12.9. The van der Waals surface area contributed by atoms with Crippen molar-refractivity contribution in [2.75, 3.05) is 12.0 Å². The third-order valence-electron chi connectivity index (χ3n) is 4.97. The lowest BCUT2D eigenvalue weighted by Gasteiger charge is -2.14. The lowest BCUT2D eigenvalue weighted by Crippen LogP contribution is -2.27. The van der Waals surface area contributed by atoms with Gasteiger partial charge >= 0.3 is 5.97 Å². The molecule has 178 valence electrons. The van der Waals surface area contributed by atoms with Crippen LogP contribution in [0.25, 0.3) is 6.08 Å². The summed E-state index contributed by atoms with van der Waals surface area (Å²) in [5, 5.41) is 9.17. The molecule has 2 amide bonds. The molecule has 0 aromatic heterocycles. The predicted molar refractivity (Wildman–Crippen MR) is 138 cm³/mol. The van der Waals surface area contributed by atoms with E-state index in [4.69, 9.17) is 26.2 Å². The first-order valence-electron chi connectivity index (χ1n) is 10.1. The molecule has 10 heteroatoms. The number of rotatable bonds is 7. The summed E-state index contributed by atoms with van der Waals surface area (Å²) in [4.78, 5) is 38.0. The summed E-state index contributed by atoms with van der Waals surface area (Å²) in [5.41, 5.74) is 1.86. The highest BCUT2D eigenvalue weighted by Gasteiger charge is 2.36. The van der Waals surface area contributed by atoms with Crippen LogP contribution in [-0.2, 0) is 11.4 Å². The summed E-state index contributed by atoms with van der Waals surface area (Å²) in [5.74, 6) is -0.655. The van der Waals surface area contributed by atoms with Gasteiger partial charge in [-0.3, -0.25) is 9.59 Å². The molecule has 1 N–H and O–H groups in total. The molecule has 1 saturated heterocycles. The highest BCUT2D eigenvalue weighted by molar-refractivity contribution is 9.10. The van der Waals surface area contributed by atoms with Gasteiger partial charge in [0.2, 0.25) is 0 Å². The molecular weight excluding hydrogens is 558 g/mol. The Hall–Kier alpha value is -3.27. The number of carbonyl (C=O) groups is 3. The maximum Gasteiger partial charge on any atom is 0.335 e. The Kier molecular flexibility index (Phi) is 7.49. The second-order valence-electron chi connectivity index (χ2n) is 7.33. The van der Waals surface area contributed by atoms with Crippen molar-refractivity contribution in [1.29, 1.82) is 0 Å². The predicted octanol–water partition coefficient (Wildman–Crippen LogP) is 6.63. The van der Waals surface area contributed by atoms with E-state index in [0.29, 0.717) is 37.8 Å². The van der Waals surface area contributed by atoms with E-state index >= 15 is 0 Å². The summed E-state index contributed by atoms with van der Waals surface area (Å²) >= 11 is 10.3. The van der Waals surface area contributed by atoms with Crippen molar-refractivity contribution < 1.29 is 29.0 Å². The number of methoxy groups -OCH3 is 1. The van der Waals surface area contributed by atoms with Crippen molar-refractivity contribution in [2.45, 2.75) is 6.61 Å². The number of carbonyl (C=O) groups excluding carboxylic acids is 2. The van der Waals surface area contributed by atoms with Crippen LogP contribution in [0.15, 0.2) is 70.0 Å². The SMILES string of the molecule is COc1cc(/C=C2/SC(=O)N(c3cccc(Cl)c3)C2=O)cc(Br)c1OCc1cccc(C(=O)O)c1. The molecule has 3 aromatic carbocycles. The average molecular weight is 575 g/mol. The molecule has 0 atom stereocenters. The van der Waals surface area contributed by atoms with Crippen LogP contribution in [0, 0.1) is 0 Å². The molecule has 3 aromatic rings. The average Bonchev–Trinajstić information content (AvgIpc) is 3.10. The van der Waals surface area contributed by atoms with Gasteiger partial charge < -0.3 is 14.6 Å². The van der Waals surface area contributed by atoms with Gasteiger partial charge in [0.1, 0.15) is 6.61 Å². The van der Waals surface area contributed by atoms with E-state index in [-0.39, 0.29) is 17.1 Å². The summed E-state index contributed by atoms with van der Waals surface area (Å²) in [6.07, 6.45) is 1.60. The highest BCUT2D eigenvalue weighted by Crippen LogP contribution is 2.40. The van der Waals surface area contributed by atoms with Crippen LogP contribution < -0.4 is 14.4 Å². The fourth-order valence-electron chi connectivity index (χ4n) is 3.37. The molecule has 0 radical (unpaired) electrons. The minimum Gasteiger partial charge on any atom is -0.493 e. The van der Waals surface area contributed by atoms with Crippen molar-refractivity contribution in [3.05, 3.63) is 91.8 Å². The second-order valence-corrected chi connectivity index (χ2v) is 9.61. The Balaban J connectivity index is 1.57. The fourth-order valence-corrected chi connectivity index (χ4v) is 4.97. The van der Waals surface area contributed by atoms with E-state index in [2.05, 4.69) is 15.9 Å². The van der Waals surface area contributed by atoms with E-state index in [9.17, 15) is 14.4 Å². The normalized spacial score (nSPS) is 14.5. The molecule has 7 nitrogen and oxygen atoms in total. The van der Waals surface area contributed by atoms with Crippen LogP contribution in [0.4, 0.5) is 10.5 Å². The molecule has 0 aliphatic carbocycles.